The molecule has 0 spiro atoms. The zero-order chi connectivity index (χ0) is 17.6. The number of hydrogen-bond acceptors (Lipinski definition) is 5. The number of aromatic nitrogens is 1. The SMILES string of the molecule is Cc1noc(C)c1CCOc1ccc(O[C@H]2CCCCNC2=O)cc1. The first-order chi connectivity index (χ1) is 12.1. The molecule has 1 aromatic carbocycles. The summed E-state index contributed by atoms with van der Waals surface area (Å²) in [5, 5.41) is 6.82. The van der Waals surface area contributed by atoms with Crippen LogP contribution in [0.2, 0.25) is 0 Å². The molecule has 2 aromatic rings. The molecule has 0 unspecified atom stereocenters. The van der Waals surface area contributed by atoms with Gasteiger partial charge in [0.2, 0.25) is 0 Å². The zero-order valence-electron chi connectivity index (χ0n) is 14.7. The highest BCUT2D eigenvalue weighted by Crippen LogP contribution is 2.21. The predicted octanol–water partition coefficient (Wildman–Crippen LogP) is 2.96. The molecule has 2 heterocycles. The van der Waals surface area contributed by atoms with Gasteiger partial charge in [-0.05, 0) is 57.4 Å². The highest BCUT2D eigenvalue weighted by Gasteiger charge is 2.22. The lowest BCUT2D eigenvalue weighted by atomic mass is 10.1. The molecular formula is C19H24N2O4. The highest BCUT2D eigenvalue weighted by atomic mass is 16.5. The van der Waals surface area contributed by atoms with Crippen LogP contribution >= 0.6 is 0 Å². The second-order valence-corrected chi connectivity index (χ2v) is 6.27. The van der Waals surface area contributed by atoms with Gasteiger partial charge in [-0.15, -0.1) is 0 Å². The quantitative estimate of drug-likeness (QED) is 0.872. The van der Waals surface area contributed by atoms with Crippen molar-refractivity contribution in [2.24, 2.45) is 0 Å². The summed E-state index contributed by atoms with van der Waals surface area (Å²) in [7, 11) is 0. The molecule has 1 amide bonds. The standard InChI is InChI=1S/C19H24N2O4/c1-13-17(14(2)25-21-13)10-12-23-15-6-8-16(9-7-15)24-18-5-3-4-11-20-19(18)22/h6-9,18H,3-5,10-12H2,1-2H3,(H,20,22)/t18-/m0/s1. The summed E-state index contributed by atoms with van der Waals surface area (Å²) >= 11 is 0. The van der Waals surface area contributed by atoms with Crippen molar-refractivity contribution < 1.29 is 18.8 Å². The highest BCUT2D eigenvalue weighted by molar-refractivity contribution is 5.81. The summed E-state index contributed by atoms with van der Waals surface area (Å²) in [6.07, 6.45) is 3.09. The molecule has 1 aliphatic rings. The van der Waals surface area contributed by atoms with E-state index in [0.717, 1.165) is 55.0 Å². The van der Waals surface area contributed by atoms with Gasteiger partial charge in [-0.25, -0.2) is 0 Å². The fourth-order valence-corrected chi connectivity index (χ4v) is 2.93. The molecule has 0 radical (unpaired) electrons. The second-order valence-electron chi connectivity index (χ2n) is 6.27. The van der Waals surface area contributed by atoms with Crippen molar-refractivity contribution in [3.8, 4) is 11.5 Å². The molecule has 1 atom stereocenters. The predicted molar refractivity (Wildman–Crippen MR) is 92.9 cm³/mol. The Morgan fingerprint density at radius 3 is 2.68 bits per heavy atom. The fourth-order valence-electron chi connectivity index (χ4n) is 2.93. The van der Waals surface area contributed by atoms with E-state index < -0.39 is 6.10 Å². The normalized spacial score (nSPS) is 17.7. The molecule has 0 saturated carbocycles. The van der Waals surface area contributed by atoms with Gasteiger partial charge in [0.25, 0.3) is 5.91 Å². The molecule has 1 N–H and O–H groups in total. The summed E-state index contributed by atoms with van der Waals surface area (Å²) in [5.41, 5.74) is 2.01. The third kappa shape index (κ3) is 4.53. The maximum Gasteiger partial charge on any atom is 0.261 e. The van der Waals surface area contributed by atoms with Crippen LogP contribution in [-0.2, 0) is 11.2 Å². The first-order valence-corrected chi connectivity index (χ1v) is 8.72. The average molecular weight is 344 g/mol. The Hall–Kier alpha value is -2.50. The van der Waals surface area contributed by atoms with Crippen LogP contribution in [0.1, 0.15) is 36.3 Å². The van der Waals surface area contributed by atoms with E-state index in [0.29, 0.717) is 12.4 Å². The average Bonchev–Trinajstić information content (AvgIpc) is 2.80. The van der Waals surface area contributed by atoms with E-state index >= 15 is 0 Å². The third-order valence-corrected chi connectivity index (χ3v) is 4.39. The monoisotopic (exact) mass is 344 g/mol. The summed E-state index contributed by atoms with van der Waals surface area (Å²) in [6.45, 7) is 5.12. The van der Waals surface area contributed by atoms with Crippen LogP contribution in [0, 0.1) is 13.8 Å². The van der Waals surface area contributed by atoms with Gasteiger partial charge in [0.15, 0.2) is 6.10 Å². The molecular weight excluding hydrogens is 320 g/mol. The Morgan fingerprint density at radius 2 is 1.96 bits per heavy atom. The molecule has 25 heavy (non-hydrogen) atoms. The van der Waals surface area contributed by atoms with Crippen LogP contribution in [0.5, 0.6) is 11.5 Å². The Morgan fingerprint density at radius 1 is 1.20 bits per heavy atom. The summed E-state index contributed by atoms with van der Waals surface area (Å²) in [5.74, 6) is 2.26. The second kappa shape index (κ2) is 8.05. The molecule has 0 bridgehead atoms. The van der Waals surface area contributed by atoms with E-state index in [2.05, 4.69) is 10.5 Å². The molecule has 6 heteroatoms. The maximum absolute atomic E-state index is 11.9. The zero-order valence-corrected chi connectivity index (χ0v) is 14.7. The number of amides is 1. The summed E-state index contributed by atoms with van der Waals surface area (Å²) in [4.78, 5) is 11.9. The van der Waals surface area contributed by atoms with Crippen molar-refractivity contribution in [3.05, 3.63) is 41.3 Å². The van der Waals surface area contributed by atoms with Crippen molar-refractivity contribution in [2.45, 2.75) is 45.6 Å². The minimum atomic E-state index is -0.409. The Balaban J connectivity index is 1.51. The number of hydrogen-bond donors (Lipinski definition) is 1. The van der Waals surface area contributed by atoms with E-state index in [4.69, 9.17) is 14.0 Å². The van der Waals surface area contributed by atoms with Crippen molar-refractivity contribution in [2.75, 3.05) is 13.2 Å². The Bertz CT molecular complexity index is 689. The van der Waals surface area contributed by atoms with Crippen LogP contribution in [-0.4, -0.2) is 30.3 Å². The summed E-state index contributed by atoms with van der Waals surface area (Å²) < 4.78 is 16.7. The molecule has 134 valence electrons. The van der Waals surface area contributed by atoms with Crippen LogP contribution in [0.25, 0.3) is 0 Å². The maximum atomic E-state index is 11.9. The number of aryl methyl sites for hydroxylation is 2. The molecule has 1 fully saturated rings. The van der Waals surface area contributed by atoms with Crippen molar-refractivity contribution in [3.63, 3.8) is 0 Å². The molecule has 1 saturated heterocycles. The van der Waals surface area contributed by atoms with Gasteiger partial charge in [-0.3, -0.25) is 4.79 Å². The lowest BCUT2D eigenvalue weighted by molar-refractivity contribution is -0.127. The van der Waals surface area contributed by atoms with Crippen molar-refractivity contribution in [1.82, 2.24) is 10.5 Å². The van der Waals surface area contributed by atoms with Gasteiger partial charge in [0.1, 0.15) is 17.3 Å². The topological polar surface area (TPSA) is 73.6 Å². The Labute approximate surface area is 147 Å². The van der Waals surface area contributed by atoms with E-state index in [-0.39, 0.29) is 5.91 Å². The largest absolute Gasteiger partial charge is 0.493 e. The van der Waals surface area contributed by atoms with Gasteiger partial charge in [-0.1, -0.05) is 5.16 Å². The minimum Gasteiger partial charge on any atom is -0.493 e. The molecule has 1 aliphatic heterocycles. The fraction of sp³-hybridized carbons (Fsp3) is 0.474. The minimum absolute atomic E-state index is 0.0303. The first-order valence-electron chi connectivity index (χ1n) is 8.72. The lowest BCUT2D eigenvalue weighted by Crippen LogP contribution is -2.36. The van der Waals surface area contributed by atoms with Crippen molar-refractivity contribution >= 4 is 5.91 Å². The van der Waals surface area contributed by atoms with Crippen LogP contribution < -0.4 is 14.8 Å². The number of nitrogens with one attached hydrogen (secondary N) is 1. The number of ether oxygens (including phenoxy) is 2. The Kier molecular flexibility index (Phi) is 5.58. The summed E-state index contributed by atoms with van der Waals surface area (Å²) in [6, 6.07) is 7.39. The van der Waals surface area contributed by atoms with Crippen LogP contribution in [0.15, 0.2) is 28.8 Å². The molecule has 6 nitrogen and oxygen atoms in total. The van der Waals surface area contributed by atoms with Gasteiger partial charge in [0, 0.05) is 18.5 Å². The van der Waals surface area contributed by atoms with Gasteiger partial charge in [0.05, 0.1) is 12.3 Å². The van der Waals surface area contributed by atoms with Crippen LogP contribution in [0.3, 0.4) is 0 Å². The number of benzene rings is 1. The third-order valence-electron chi connectivity index (χ3n) is 4.39. The lowest BCUT2D eigenvalue weighted by Gasteiger charge is -2.16. The van der Waals surface area contributed by atoms with E-state index in [1.807, 2.05) is 38.1 Å². The molecule has 3 rings (SSSR count). The number of nitrogens with zero attached hydrogens (tertiary/aromatic N) is 1. The number of carbonyl (C=O) groups excluding carboxylic acids is 1. The molecule has 0 aliphatic carbocycles. The van der Waals surface area contributed by atoms with Gasteiger partial charge < -0.3 is 19.3 Å². The van der Waals surface area contributed by atoms with Crippen LogP contribution in [0.4, 0.5) is 0 Å². The smallest absolute Gasteiger partial charge is 0.261 e. The van der Waals surface area contributed by atoms with Gasteiger partial charge >= 0.3 is 0 Å². The first kappa shape index (κ1) is 17.3. The number of carbonyl (C=O) groups is 1. The van der Waals surface area contributed by atoms with E-state index in [9.17, 15) is 4.79 Å². The molecule has 1 aromatic heterocycles. The van der Waals surface area contributed by atoms with E-state index in [1.165, 1.54) is 0 Å². The van der Waals surface area contributed by atoms with Crippen molar-refractivity contribution in [1.29, 1.82) is 0 Å². The number of rotatable bonds is 6. The van der Waals surface area contributed by atoms with Gasteiger partial charge in [-0.2, -0.15) is 0 Å². The van der Waals surface area contributed by atoms with E-state index in [1.54, 1.807) is 0 Å².